The van der Waals surface area contributed by atoms with Gasteiger partial charge in [0.2, 0.25) is 5.91 Å². The second kappa shape index (κ2) is 2.97. The molecule has 0 aromatic heterocycles. The van der Waals surface area contributed by atoms with Crippen LogP contribution in [0.15, 0.2) is 18.2 Å². The molecule has 1 aliphatic rings. The van der Waals surface area contributed by atoms with Crippen LogP contribution >= 0.6 is 0 Å². The molecule has 0 saturated carbocycles. The molecule has 1 aliphatic heterocycles. The summed E-state index contributed by atoms with van der Waals surface area (Å²) in [4.78, 5) is 11.1. The van der Waals surface area contributed by atoms with Crippen molar-refractivity contribution < 1.29 is 4.79 Å². The summed E-state index contributed by atoms with van der Waals surface area (Å²) in [5.41, 5.74) is 2.15. The summed E-state index contributed by atoms with van der Waals surface area (Å²) >= 11 is 0. The van der Waals surface area contributed by atoms with Crippen LogP contribution in [0.5, 0.6) is 0 Å². The van der Waals surface area contributed by atoms with Gasteiger partial charge in [0, 0.05) is 12.1 Å². The van der Waals surface area contributed by atoms with Gasteiger partial charge in [0.05, 0.1) is 0 Å². The molecule has 0 saturated heterocycles. The first kappa shape index (κ1) is 7.35. The van der Waals surface area contributed by atoms with Crippen molar-refractivity contribution in [2.24, 2.45) is 0 Å². The van der Waals surface area contributed by atoms with Gasteiger partial charge in [0.15, 0.2) is 0 Å². The lowest BCUT2D eigenvalue weighted by Gasteiger charge is -2.03. The average Bonchev–Trinajstić information content (AvgIpc) is 2.25. The van der Waals surface area contributed by atoms with Gasteiger partial charge in [0.1, 0.15) is 0 Å². The number of aryl methyl sites for hydroxylation is 1. The van der Waals surface area contributed by atoms with Crippen LogP contribution in [0, 0.1) is 6.07 Å². The van der Waals surface area contributed by atoms with Crippen molar-refractivity contribution in [2.45, 2.75) is 19.3 Å². The fourth-order valence-corrected chi connectivity index (χ4v) is 1.45. The Bertz CT molecular complexity index is 306. The minimum absolute atomic E-state index is 0.125. The summed E-state index contributed by atoms with van der Waals surface area (Å²) in [6.07, 6.45) is 2.55. The van der Waals surface area contributed by atoms with Crippen molar-refractivity contribution in [1.29, 1.82) is 0 Å². The van der Waals surface area contributed by atoms with E-state index in [-0.39, 0.29) is 5.91 Å². The number of hydrogen-bond acceptors (Lipinski definition) is 1. The van der Waals surface area contributed by atoms with Crippen LogP contribution in [0.25, 0.3) is 0 Å². The molecule has 0 bridgehead atoms. The molecule has 0 fully saturated rings. The van der Waals surface area contributed by atoms with E-state index >= 15 is 0 Å². The van der Waals surface area contributed by atoms with Gasteiger partial charge in [0.25, 0.3) is 0 Å². The third-order valence-corrected chi connectivity index (χ3v) is 2.07. The summed E-state index contributed by atoms with van der Waals surface area (Å²) in [6.45, 7) is 0. The van der Waals surface area contributed by atoms with Gasteiger partial charge in [-0.3, -0.25) is 4.79 Å². The minimum Gasteiger partial charge on any atom is -0.326 e. The lowest BCUT2D eigenvalue weighted by Crippen LogP contribution is -2.08. The molecule has 2 rings (SSSR count). The quantitative estimate of drug-likeness (QED) is 0.615. The molecule has 0 aliphatic carbocycles. The minimum atomic E-state index is 0.125. The zero-order valence-corrected chi connectivity index (χ0v) is 6.76. The summed E-state index contributed by atoms with van der Waals surface area (Å²) in [7, 11) is 0. The lowest BCUT2D eigenvalue weighted by atomic mass is 10.1. The second-order valence-corrected chi connectivity index (χ2v) is 2.98. The van der Waals surface area contributed by atoms with E-state index in [2.05, 4.69) is 11.4 Å². The molecular weight excluding hydrogens is 150 g/mol. The molecule has 0 atom stereocenters. The highest BCUT2D eigenvalue weighted by Crippen LogP contribution is 2.20. The zero-order valence-electron chi connectivity index (χ0n) is 6.76. The molecule has 0 unspecified atom stereocenters. The van der Waals surface area contributed by atoms with Crippen LogP contribution in [0.4, 0.5) is 5.69 Å². The van der Waals surface area contributed by atoms with Crippen molar-refractivity contribution in [1.82, 2.24) is 0 Å². The number of amides is 1. The Hall–Kier alpha value is -1.31. The number of benzene rings is 1. The number of rotatable bonds is 0. The number of hydrogen-bond donors (Lipinski definition) is 1. The molecule has 0 spiro atoms. The molecule has 12 heavy (non-hydrogen) atoms. The lowest BCUT2D eigenvalue weighted by molar-refractivity contribution is -0.116. The molecule has 1 N–H and O–H groups in total. The van der Waals surface area contributed by atoms with Gasteiger partial charge in [-0.25, -0.2) is 0 Å². The first-order valence-corrected chi connectivity index (χ1v) is 4.15. The predicted octanol–water partition coefficient (Wildman–Crippen LogP) is 1.76. The van der Waals surface area contributed by atoms with E-state index in [4.69, 9.17) is 0 Å². The number of fused-ring (bicyclic) bond motifs is 1. The van der Waals surface area contributed by atoms with Crippen LogP contribution in [0.1, 0.15) is 18.4 Å². The Labute approximate surface area is 71.6 Å². The fourth-order valence-electron chi connectivity index (χ4n) is 1.45. The van der Waals surface area contributed by atoms with E-state index in [0.717, 1.165) is 18.5 Å². The monoisotopic (exact) mass is 160 g/mol. The first-order chi connectivity index (χ1) is 5.86. The summed E-state index contributed by atoms with van der Waals surface area (Å²) in [6, 6.07) is 8.68. The Morgan fingerprint density at radius 1 is 1.42 bits per heavy atom. The van der Waals surface area contributed by atoms with Crippen LogP contribution < -0.4 is 5.32 Å². The van der Waals surface area contributed by atoms with Gasteiger partial charge >= 0.3 is 0 Å². The molecule has 2 nitrogen and oxygen atoms in total. The standard InChI is InChI=1S/C10H10NO/c12-10-7-3-5-8-4-1-2-6-9(8)11-10/h2,4,6H,3,5,7H2,(H,11,12). The van der Waals surface area contributed by atoms with E-state index in [9.17, 15) is 4.79 Å². The second-order valence-electron chi connectivity index (χ2n) is 2.98. The Morgan fingerprint density at radius 2 is 2.33 bits per heavy atom. The van der Waals surface area contributed by atoms with E-state index in [0.29, 0.717) is 6.42 Å². The molecular formula is C10H10NO. The number of carbonyl (C=O) groups excluding carboxylic acids is 1. The normalized spacial score (nSPS) is 16.2. The summed E-state index contributed by atoms with van der Waals surface area (Å²) in [5, 5.41) is 2.86. The number of anilines is 1. The van der Waals surface area contributed by atoms with Crippen molar-refractivity contribution in [3.05, 3.63) is 29.8 Å². The van der Waals surface area contributed by atoms with Crippen LogP contribution in [-0.2, 0) is 11.2 Å². The number of nitrogens with one attached hydrogen (secondary N) is 1. The SMILES string of the molecule is O=C1CCCc2c[c]ccc2N1. The van der Waals surface area contributed by atoms with E-state index in [1.807, 2.05) is 18.2 Å². The molecule has 1 amide bonds. The van der Waals surface area contributed by atoms with E-state index in [1.54, 1.807) is 0 Å². The van der Waals surface area contributed by atoms with Crippen molar-refractivity contribution in [2.75, 3.05) is 5.32 Å². The maximum atomic E-state index is 11.1. The van der Waals surface area contributed by atoms with E-state index < -0.39 is 0 Å². The zero-order chi connectivity index (χ0) is 8.39. The van der Waals surface area contributed by atoms with Gasteiger partial charge in [-0.1, -0.05) is 6.07 Å². The fraction of sp³-hybridized carbons (Fsp3) is 0.300. The smallest absolute Gasteiger partial charge is 0.224 e. The molecule has 1 radical (unpaired) electrons. The average molecular weight is 160 g/mol. The van der Waals surface area contributed by atoms with E-state index in [1.165, 1.54) is 5.56 Å². The maximum Gasteiger partial charge on any atom is 0.224 e. The number of carbonyl (C=O) groups is 1. The Morgan fingerprint density at radius 3 is 3.25 bits per heavy atom. The Kier molecular flexibility index (Phi) is 1.82. The van der Waals surface area contributed by atoms with Crippen LogP contribution in [0.3, 0.4) is 0 Å². The first-order valence-electron chi connectivity index (χ1n) is 4.15. The topological polar surface area (TPSA) is 29.1 Å². The summed E-state index contributed by atoms with van der Waals surface area (Å²) < 4.78 is 0. The highest BCUT2D eigenvalue weighted by Gasteiger charge is 2.10. The third kappa shape index (κ3) is 1.33. The molecule has 1 aromatic rings. The van der Waals surface area contributed by atoms with Crippen LogP contribution in [0.2, 0.25) is 0 Å². The molecule has 61 valence electrons. The van der Waals surface area contributed by atoms with Gasteiger partial charge < -0.3 is 5.32 Å². The van der Waals surface area contributed by atoms with Crippen molar-refractivity contribution in [3.63, 3.8) is 0 Å². The summed E-state index contributed by atoms with van der Waals surface area (Å²) in [5.74, 6) is 0.125. The highest BCUT2D eigenvalue weighted by molar-refractivity contribution is 5.92. The van der Waals surface area contributed by atoms with Gasteiger partial charge in [-0.15, -0.1) is 0 Å². The third-order valence-electron chi connectivity index (χ3n) is 2.07. The molecule has 1 aromatic carbocycles. The maximum absolute atomic E-state index is 11.1. The van der Waals surface area contributed by atoms with Crippen molar-refractivity contribution in [3.8, 4) is 0 Å². The highest BCUT2D eigenvalue weighted by atomic mass is 16.1. The van der Waals surface area contributed by atoms with Crippen molar-refractivity contribution >= 4 is 11.6 Å². The van der Waals surface area contributed by atoms with Gasteiger partial charge in [-0.05, 0) is 36.6 Å². The van der Waals surface area contributed by atoms with Crippen LogP contribution in [-0.4, -0.2) is 5.91 Å². The largest absolute Gasteiger partial charge is 0.326 e. The molecule has 1 heterocycles. The molecule has 2 heteroatoms. The Balaban J connectivity index is 2.37. The van der Waals surface area contributed by atoms with Gasteiger partial charge in [-0.2, -0.15) is 0 Å². The predicted molar refractivity (Wildman–Crippen MR) is 46.8 cm³/mol.